The molecule has 0 unspecified atom stereocenters. The van der Waals surface area contributed by atoms with E-state index in [1.165, 1.54) is 6.20 Å². The third-order valence-electron chi connectivity index (χ3n) is 3.82. The maximum absolute atomic E-state index is 13.8. The number of amides is 1. The van der Waals surface area contributed by atoms with Crippen LogP contribution in [0.25, 0.3) is 22.6 Å². The molecule has 10 heteroatoms. The zero-order valence-electron chi connectivity index (χ0n) is 13.3. The van der Waals surface area contributed by atoms with Crippen LogP contribution in [0.2, 0.25) is 0 Å². The second kappa shape index (κ2) is 6.24. The highest BCUT2D eigenvalue weighted by Crippen LogP contribution is 2.27. The van der Waals surface area contributed by atoms with Crippen molar-refractivity contribution in [3.05, 3.63) is 65.4 Å². The van der Waals surface area contributed by atoms with E-state index >= 15 is 0 Å². The fourth-order valence-corrected chi connectivity index (χ4v) is 2.62. The van der Waals surface area contributed by atoms with Crippen LogP contribution in [0.5, 0.6) is 0 Å². The van der Waals surface area contributed by atoms with Gasteiger partial charge in [0.15, 0.2) is 11.6 Å². The highest BCUT2D eigenvalue weighted by Gasteiger charge is 2.21. The number of nitrogens with zero attached hydrogens (tertiary/aromatic N) is 2. The average Bonchev–Trinajstić information content (AvgIpc) is 3.21. The second-order valence-corrected chi connectivity index (χ2v) is 5.58. The molecular weight excluding hydrogens is 366 g/mol. The van der Waals surface area contributed by atoms with Gasteiger partial charge >= 0.3 is 0 Å². The Morgan fingerprint density at radius 1 is 1.04 bits per heavy atom. The summed E-state index contributed by atoms with van der Waals surface area (Å²) < 4.78 is 54.7. The standard InChI is InChI=1S/C17H9F4N5O/c18-7-4-10(21)14-11(5-7)23-16(25-14)15-12(6-22-26-15)24-17(27)13-8(19)2-1-3-9(13)20/h1-6H,(H,22,26)(H,23,25)(H,24,27). The van der Waals surface area contributed by atoms with E-state index < -0.39 is 34.7 Å². The summed E-state index contributed by atoms with van der Waals surface area (Å²) >= 11 is 0. The summed E-state index contributed by atoms with van der Waals surface area (Å²) in [7, 11) is 0. The third-order valence-corrected chi connectivity index (χ3v) is 3.82. The molecule has 0 saturated carbocycles. The number of imidazole rings is 1. The lowest BCUT2D eigenvalue weighted by Gasteiger charge is -2.06. The van der Waals surface area contributed by atoms with Gasteiger partial charge in [0.05, 0.1) is 17.4 Å². The first-order chi connectivity index (χ1) is 12.9. The summed E-state index contributed by atoms with van der Waals surface area (Å²) in [5.41, 5.74) is -0.617. The van der Waals surface area contributed by atoms with Crippen LogP contribution in [-0.2, 0) is 0 Å². The molecule has 0 aliphatic carbocycles. The summed E-state index contributed by atoms with van der Waals surface area (Å²) in [6.07, 6.45) is 1.19. The quantitative estimate of drug-likeness (QED) is 0.477. The number of nitrogens with one attached hydrogen (secondary N) is 3. The molecule has 0 atom stereocenters. The minimum Gasteiger partial charge on any atom is -0.336 e. The molecule has 3 N–H and O–H groups in total. The number of benzene rings is 2. The number of aromatic amines is 2. The van der Waals surface area contributed by atoms with Crippen molar-refractivity contribution in [1.29, 1.82) is 0 Å². The Bertz CT molecular complexity index is 1160. The van der Waals surface area contributed by atoms with E-state index in [4.69, 9.17) is 0 Å². The largest absolute Gasteiger partial charge is 0.336 e. The number of halogens is 4. The van der Waals surface area contributed by atoms with Crippen LogP contribution in [-0.4, -0.2) is 26.1 Å². The molecule has 0 aliphatic heterocycles. The Hall–Kier alpha value is -3.69. The lowest BCUT2D eigenvalue weighted by atomic mass is 10.2. The minimum atomic E-state index is -1.04. The summed E-state index contributed by atoms with van der Waals surface area (Å²) in [6.45, 7) is 0. The van der Waals surface area contributed by atoms with Crippen LogP contribution in [0.1, 0.15) is 10.4 Å². The molecule has 1 amide bonds. The molecule has 2 heterocycles. The molecule has 6 nitrogen and oxygen atoms in total. The van der Waals surface area contributed by atoms with Crippen molar-refractivity contribution in [1.82, 2.24) is 20.2 Å². The van der Waals surface area contributed by atoms with Crippen LogP contribution in [0.15, 0.2) is 36.5 Å². The number of rotatable bonds is 3. The number of carbonyl (C=O) groups is 1. The molecule has 4 aromatic rings. The highest BCUT2D eigenvalue weighted by molar-refractivity contribution is 6.06. The Labute approximate surface area is 148 Å². The number of carbonyl (C=O) groups excluding carboxylic acids is 1. The van der Waals surface area contributed by atoms with Crippen molar-refractivity contribution in [2.45, 2.75) is 0 Å². The van der Waals surface area contributed by atoms with Crippen LogP contribution in [0, 0.1) is 23.3 Å². The summed E-state index contributed by atoms with van der Waals surface area (Å²) in [5.74, 6) is -4.70. The van der Waals surface area contributed by atoms with Gasteiger partial charge in [0.1, 0.15) is 34.2 Å². The normalized spacial score (nSPS) is 11.1. The zero-order chi connectivity index (χ0) is 19.1. The fraction of sp³-hybridized carbons (Fsp3) is 0. The Balaban J connectivity index is 1.72. The Morgan fingerprint density at radius 2 is 1.78 bits per heavy atom. The van der Waals surface area contributed by atoms with Crippen LogP contribution >= 0.6 is 0 Å². The molecule has 27 heavy (non-hydrogen) atoms. The van der Waals surface area contributed by atoms with Crippen LogP contribution < -0.4 is 5.32 Å². The van der Waals surface area contributed by atoms with E-state index in [9.17, 15) is 22.4 Å². The predicted molar refractivity (Wildman–Crippen MR) is 87.9 cm³/mol. The van der Waals surface area contributed by atoms with Crippen molar-refractivity contribution in [3.63, 3.8) is 0 Å². The molecule has 0 saturated heterocycles. The van der Waals surface area contributed by atoms with Gasteiger partial charge in [0.25, 0.3) is 5.91 Å². The number of anilines is 1. The number of aromatic nitrogens is 4. The van der Waals surface area contributed by atoms with Gasteiger partial charge in [-0.2, -0.15) is 5.10 Å². The van der Waals surface area contributed by atoms with Crippen molar-refractivity contribution < 1.29 is 22.4 Å². The van der Waals surface area contributed by atoms with Crippen molar-refractivity contribution >= 4 is 22.6 Å². The van der Waals surface area contributed by atoms with Gasteiger partial charge < -0.3 is 10.3 Å². The predicted octanol–water partition coefficient (Wildman–Crippen LogP) is 3.76. The molecule has 0 fully saturated rings. The summed E-state index contributed by atoms with van der Waals surface area (Å²) in [4.78, 5) is 18.9. The smallest absolute Gasteiger partial charge is 0.261 e. The topological polar surface area (TPSA) is 86.5 Å². The zero-order valence-corrected chi connectivity index (χ0v) is 13.3. The SMILES string of the molecule is O=C(Nc1cn[nH]c1-c1nc2c(F)cc(F)cc2[nH]1)c1c(F)cccc1F. The molecule has 0 radical (unpaired) electrons. The second-order valence-electron chi connectivity index (χ2n) is 5.58. The number of hydrogen-bond acceptors (Lipinski definition) is 3. The number of hydrogen-bond donors (Lipinski definition) is 3. The summed E-state index contributed by atoms with van der Waals surface area (Å²) in [5, 5.41) is 8.60. The van der Waals surface area contributed by atoms with Gasteiger partial charge in [-0.05, 0) is 18.2 Å². The summed E-state index contributed by atoms with van der Waals surface area (Å²) in [6, 6.07) is 4.77. The Kier molecular flexibility index (Phi) is 3.87. The number of fused-ring (bicyclic) bond motifs is 1. The van der Waals surface area contributed by atoms with Gasteiger partial charge in [-0.15, -0.1) is 0 Å². The highest BCUT2D eigenvalue weighted by atomic mass is 19.1. The van der Waals surface area contributed by atoms with Gasteiger partial charge in [-0.25, -0.2) is 22.5 Å². The average molecular weight is 375 g/mol. The maximum atomic E-state index is 13.8. The van der Waals surface area contributed by atoms with Gasteiger partial charge in [0.2, 0.25) is 0 Å². The first-order valence-electron chi connectivity index (χ1n) is 7.58. The molecule has 2 aromatic carbocycles. The molecular formula is C17H9F4N5O. The van der Waals surface area contributed by atoms with Crippen molar-refractivity contribution in [3.8, 4) is 11.5 Å². The van der Waals surface area contributed by atoms with E-state index in [1.807, 2.05) is 0 Å². The van der Waals surface area contributed by atoms with E-state index in [-0.39, 0.29) is 28.2 Å². The van der Waals surface area contributed by atoms with Crippen molar-refractivity contribution in [2.75, 3.05) is 5.32 Å². The van der Waals surface area contributed by atoms with E-state index in [2.05, 4.69) is 25.5 Å². The first kappa shape index (κ1) is 16.8. The third kappa shape index (κ3) is 2.90. The van der Waals surface area contributed by atoms with Gasteiger partial charge in [-0.1, -0.05) is 6.07 Å². The molecule has 0 spiro atoms. The Morgan fingerprint density at radius 3 is 2.52 bits per heavy atom. The first-order valence-corrected chi connectivity index (χ1v) is 7.58. The molecule has 4 rings (SSSR count). The number of H-pyrrole nitrogens is 2. The molecule has 0 aliphatic rings. The van der Waals surface area contributed by atoms with Crippen LogP contribution in [0.4, 0.5) is 23.2 Å². The van der Waals surface area contributed by atoms with E-state index in [0.717, 1.165) is 24.3 Å². The maximum Gasteiger partial charge on any atom is 0.261 e. The minimum absolute atomic E-state index is 0.0441. The fourth-order valence-electron chi connectivity index (χ4n) is 2.62. The van der Waals surface area contributed by atoms with Gasteiger partial charge in [0, 0.05) is 6.07 Å². The van der Waals surface area contributed by atoms with Crippen LogP contribution in [0.3, 0.4) is 0 Å². The molecule has 2 aromatic heterocycles. The van der Waals surface area contributed by atoms with Crippen molar-refractivity contribution in [2.24, 2.45) is 0 Å². The lowest BCUT2D eigenvalue weighted by molar-refractivity contribution is 0.101. The van der Waals surface area contributed by atoms with E-state index in [0.29, 0.717) is 6.07 Å². The van der Waals surface area contributed by atoms with E-state index in [1.54, 1.807) is 0 Å². The lowest BCUT2D eigenvalue weighted by Crippen LogP contribution is -2.16. The molecule has 136 valence electrons. The monoisotopic (exact) mass is 375 g/mol. The molecule has 0 bridgehead atoms. The van der Waals surface area contributed by atoms with Gasteiger partial charge in [-0.3, -0.25) is 9.89 Å².